The highest BCUT2D eigenvalue weighted by molar-refractivity contribution is 7.54. The molecular formula is C12H18ClO4P. The average Bonchev–Trinajstić information content (AvgIpc) is 2.30. The summed E-state index contributed by atoms with van der Waals surface area (Å²) in [5.41, 5.74) is 0.442. The Morgan fingerprint density at radius 2 is 1.67 bits per heavy atom. The van der Waals surface area contributed by atoms with Crippen molar-refractivity contribution in [3.63, 3.8) is 0 Å². The molecule has 102 valence electrons. The second-order valence-corrected chi connectivity index (χ2v) is 6.68. The van der Waals surface area contributed by atoms with Gasteiger partial charge in [-0.25, -0.2) is 0 Å². The lowest BCUT2D eigenvalue weighted by Gasteiger charge is -2.31. The van der Waals surface area contributed by atoms with Crippen molar-refractivity contribution in [2.45, 2.75) is 26.1 Å². The standard InChI is InChI=1S/C12H18ClO4P/c1-4-16-18(15,17-5-2)12(3,14)10-6-8-11(13)9-7-10/h6-9,14H,4-5H2,1-3H3/t12-/m1/s1. The smallest absolute Gasteiger partial charge is 0.366 e. The predicted octanol–water partition coefficient (Wildman–Crippen LogP) is 3.77. The normalized spacial score (nSPS) is 15.4. The third kappa shape index (κ3) is 3.14. The summed E-state index contributed by atoms with van der Waals surface area (Å²) in [5, 5.41) is 9.34. The van der Waals surface area contributed by atoms with E-state index in [1.54, 1.807) is 38.1 Å². The van der Waals surface area contributed by atoms with E-state index in [9.17, 15) is 9.67 Å². The number of aliphatic hydroxyl groups is 1. The monoisotopic (exact) mass is 292 g/mol. The van der Waals surface area contributed by atoms with Gasteiger partial charge in [0.2, 0.25) is 0 Å². The van der Waals surface area contributed by atoms with E-state index < -0.39 is 12.9 Å². The zero-order valence-corrected chi connectivity index (χ0v) is 12.4. The first-order valence-electron chi connectivity index (χ1n) is 5.75. The zero-order valence-electron chi connectivity index (χ0n) is 10.7. The molecule has 1 aromatic carbocycles. The van der Waals surface area contributed by atoms with E-state index >= 15 is 0 Å². The molecule has 1 N–H and O–H groups in total. The molecule has 1 aromatic rings. The number of halogens is 1. The molecule has 1 rings (SSSR count). The maximum atomic E-state index is 12.6. The van der Waals surface area contributed by atoms with Crippen LogP contribution in [0.15, 0.2) is 24.3 Å². The fraction of sp³-hybridized carbons (Fsp3) is 0.500. The molecule has 0 saturated carbocycles. The summed E-state index contributed by atoms with van der Waals surface area (Å²) in [6, 6.07) is 6.45. The van der Waals surface area contributed by atoms with Gasteiger partial charge in [-0.15, -0.1) is 0 Å². The third-order valence-electron chi connectivity index (χ3n) is 2.52. The Morgan fingerprint density at radius 1 is 1.22 bits per heavy atom. The highest BCUT2D eigenvalue weighted by Crippen LogP contribution is 2.63. The minimum absolute atomic E-state index is 0.195. The Bertz CT molecular complexity index is 420. The summed E-state index contributed by atoms with van der Waals surface area (Å²) < 4.78 is 22.9. The number of rotatable bonds is 6. The lowest BCUT2D eigenvalue weighted by atomic mass is 10.1. The SMILES string of the molecule is CCOP(=O)(OCC)[C@@](C)(O)c1ccc(Cl)cc1. The lowest BCUT2D eigenvalue weighted by molar-refractivity contribution is 0.0802. The van der Waals surface area contributed by atoms with Gasteiger partial charge < -0.3 is 14.2 Å². The lowest BCUT2D eigenvalue weighted by Crippen LogP contribution is -2.24. The fourth-order valence-electron chi connectivity index (χ4n) is 1.55. The van der Waals surface area contributed by atoms with E-state index in [-0.39, 0.29) is 13.2 Å². The molecule has 0 radical (unpaired) electrons. The molecule has 0 aliphatic rings. The van der Waals surface area contributed by atoms with Gasteiger partial charge in [0, 0.05) is 5.02 Å². The summed E-state index contributed by atoms with van der Waals surface area (Å²) in [7, 11) is -3.65. The number of benzene rings is 1. The minimum atomic E-state index is -3.65. The molecule has 0 spiro atoms. The van der Waals surface area contributed by atoms with Gasteiger partial charge in [0.1, 0.15) is 0 Å². The van der Waals surface area contributed by atoms with E-state index in [1.807, 2.05) is 0 Å². The molecule has 0 aliphatic heterocycles. The van der Waals surface area contributed by atoms with Crippen molar-refractivity contribution in [3.8, 4) is 0 Å². The Balaban J connectivity index is 3.15. The molecule has 0 unspecified atom stereocenters. The van der Waals surface area contributed by atoms with E-state index in [1.165, 1.54) is 6.92 Å². The van der Waals surface area contributed by atoms with Gasteiger partial charge in [0.05, 0.1) is 13.2 Å². The largest absolute Gasteiger partial charge is 0.373 e. The first-order chi connectivity index (χ1) is 8.37. The van der Waals surface area contributed by atoms with Crippen LogP contribution in [0.2, 0.25) is 5.02 Å². The molecule has 0 fully saturated rings. The fourth-order valence-corrected chi connectivity index (χ4v) is 3.40. The van der Waals surface area contributed by atoms with Crippen molar-refractivity contribution in [2.75, 3.05) is 13.2 Å². The van der Waals surface area contributed by atoms with Crippen LogP contribution in [0.5, 0.6) is 0 Å². The van der Waals surface area contributed by atoms with Crippen LogP contribution >= 0.6 is 19.2 Å². The molecule has 0 saturated heterocycles. The molecular weight excluding hydrogens is 275 g/mol. The van der Waals surface area contributed by atoms with Gasteiger partial charge in [-0.05, 0) is 38.5 Å². The van der Waals surface area contributed by atoms with Gasteiger partial charge in [0.25, 0.3) is 0 Å². The van der Waals surface area contributed by atoms with Crippen molar-refractivity contribution < 1.29 is 18.7 Å². The third-order valence-corrected chi connectivity index (χ3v) is 5.30. The minimum Gasteiger partial charge on any atom is -0.373 e. The Kier molecular flexibility index (Phi) is 5.38. The van der Waals surface area contributed by atoms with Crippen LogP contribution in [0.1, 0.15) is 26.3 Å². The molecule has 0 bridgehead atoms. The van der Waals surface area contributed by atoms with Crippen molar-refractivity contribution >= 4 is 19.2 Å². The molecule has 6 heteroatoms. The number of hydrogen-bond acceptors (Lipinski definition) is 4. The summed E-state index contributed by atoms with van der Waals surface area (Å²) in [6.07, 6.45) is 0. The van der Waals surface area contributed by atoms with E-state index in [0.717, 1.165) is 0 Å². The highest BCUT2D eigenvalue weighted by atomic mass is 35.5. The summed E-state index contributed by atoms with van der Waals surface area (Å²) >= 11 is 5.79. The Morgan fingerprint density at radius 3 is 2.06 bits per heavy atom. The zero-order chi connectivity index (χ0) is 13.8. The van der Waals surface area contributed by atoms with E-state index in [4.69, 9.17) is 20.6 Å². The van der Waals surface area contributed by atoms with Crippen LogP contribution < -0.4 is 0 Å². The second-order valence-electron chi connectivity index (χ2n) is 3.86. The van der Waals surface area contributed by atoms with Crippen LogP contribution in [-0.4, -0.2) is 18.3 Å². The molecule has 1 atom stereocenters. The molecule has 18 heavy (non-hydrogen) atoms. The van der Waals surface area contributed by atoms with Gasteiger partial charge in [-0.1, -0.05) is 23.7 Å². The molecule has 0 aliphatic carbocycles. The van der Waals surface area contributed by atoms with Crippen molar-refractivity contribution in [1.82, 2.24) is 0 Å². The maximum Gasteiger partial charge on any atom is 0.366 e. The van der Waals surface area contributed by atoms with Crippen LogP contribution in [0, 0.1) is 0 Å². The van der Waals surface area contributed by atoms with Gasteiger partial charge in [-0.2, -0.15) is 0 Å². The Labute approximate surface area is 112 Å². The van der Waals surface area contributed by atoms with Crippen LogP contribution in [-0.2, 0) is 19.0 Å². The van der Waals surface area contributed by atoms with Crippen molar-refractivity contribution in [1.29, 1.82) is 0 Å². The van der Waals surface area contributed by atoms with E-state index in [0.29, 0.717) is 10.6 Å². The van der Waals surface area contributed by atoms with Crippen LogP contribution in [0.25, 0.3) is 0 Å². The topological polar surface area (TPSA) is 55.8 Å². The first kappa shape index (κ1) is 15.7. The van der Waals surface area contributed by atoms with Gasteiger partial charge in [-0.3, -0.25) is 4.57 Å². The predicted molar refractivity (Wildman–Crippen MR) is 71.9 cm³/mol. The molecule has 4 nitrogen and oxygen atoms in total. The van der Waals surface area contributed by atoms with Crippen LogP contribution in [0.4, 0.5) is 0 Å². The van der Waals surface area contributed by atoms with Gasteiger partial charge >= 0.3 is 7.60 Å². The van der Waals surface area contributed by atoms with E-state index in [2.05, 4.69) is 0 Å². The average molecular weight is 293 g/mol. The summed E-state index contributed by atoms with van der Waals surface area (Å²) in [6.45, 7) is 5.21. The highest BCUT2D eigenvalue weighted by Gasteiger charge is 2.47. The van der Waals surface area contributed by atoms with Crippen molar-refractivity contribution in [3.05, 3.63) is 34.9 Å². The molecule has 0 amide bonds. The second kappa shape index (κ2) is 6.18. The van der Waals surface area contributed by atoms with Crippen LogP contribution in [0.3, 0.4) is 0 Å². The molecule has 0 heterocycles. The quantitative estimate of drug-likeness (QED) is 0.811. The number of hydrogen-bond donors (Lipinski definition) is 1. The van der Waals surface area contributed by atoms with Crippen molar-refractivity contribution in [2.24, 2.45) is 0 Å². The summed E-state index contributed by atoms with van der Waals surface area (Å²) in [4.78, 5) is 0. The molecule has 0 aromatic heterocycles. The first-order valence-corrected chi connectivity index (χ1v) is 7.67. The Hall–Kier alpha value is -0.380. The summed E-state index contributed by atoms with van der Waals surface area (Å²) in [5.74, 6) is 0. The van der Waals surface area contributed by atoms with Gasteiger partial charge in [0.15, 0.2) is 5.34 Å². The maximum absolute atomic E-state index is 12.6.